The summed E-state index contributed by atoms with van der Waals surface area (Å²) < 4.78 is 1.85. The number of hydrogen-bond donors (Lipinski definition) is 2. The molecule has 3 N–H and O–H groups in total. The molecule has 3 aromatic heterocycles. The van der Waals surface area contributed by atoms with Crippen LogP contribution in [0.5, 0.6) is 0 Å². The van der Waals surface area contributed by atoms with Gasteiger partial charge in [0.25, 0.3) is 5.91 Å². The molecular formula is C24H28N8O2. The van der Waals surface area contributed by atoms with E-state index in [-0.39, 0.29) is 18.5 Å². The molecule has 2 aliphatic rings. The minimum atomic E-state index is -1.18. The van der Waals surface area contributed by atoms with Gasteiger partial charge in [-0.25, -0.2) is 4.98 Å². The summed E-state index contributed by atoms with van der Waals surface area (Å²) in [6.45, 7) is 3.70. The molecule has 1 unspecified atom stereocenters. The van der Waals surface area contributed by atoms with E-state index in [1.807, 2.05) is 28.8 Å². The molecule has 5 rings (SSSR count). The third-order valence-corrected chi connectivity index (χ3v) is 6.35. The number of nitrogens with two attached hydrogens (primary N) is 1. The van der Waals surface area contributed by atoms with E-state index in [4.69, 9.17) is 10.7 Å². The second-order valence-electron chi connectivity index (χ2n) is 8.68. The summed E-state index contributed by atoms with van der Waals surface area (Å²) in [7, 11) is 1.73. The number of imidazole rings is 1. The number of aliphatic hydroxyl groups excluding tert-OH is 1. The van der Waals surface area contributed by atoms with E-state index in [1.165, 1.54) is 4.90 Å². The van der Waals surface area contributed by atoms with Crippen molar-refractivity contribution in [2.24, 2.45) is 5.73 Å². The lowest BCUT2D eigenvalue weighted by molar-refractivity contribution is -0.00126. The van der Waals surface area contributed by atoms with E-state index < -0.39 is 6.35 Å². The first-order valence-electron chi connectivity index (χ1n) is 11.4. The second-order valence-corrected chi connectivity index (χ2v) is 8.68. The van der Waals surface area contributed by atoms with Crippen LogP contribution in [0.4, 0.5) is 11.8 Å². The van der Waals surface area contributed by atoms with Gasteiger partial charge in [0.2, 0.25) is 12.3 Å². The Kier molecular flexibility index (Phi) is 5.81. The summed E-state index contributed by atoms with van der Waals surface area (Å²) in [5.41, 5.74) is 8.79. The summed E-state index contributed by atoms with van der Waals surface area (Å²) in [5.74, 6) is 6.76. The van der Waals surface area contributed by atoms with E-state index in [0.717, 1.165) is 30.4 Å². The molecule has 1 fully saturated rings. The number of hydrogen-bond acceptors (Lipinski definition) is 8. The lowest BCUT2D eigenvalue weighted by Gasteiger charge is -2.38. The first-order chi connectivity index (χ1) is 16.5. The number of amides is 1. The van der Waals surface area contributed by atoms with Crippen LogP contribution in [0.15, 0.2) is 30.5 Å². The van der Waals surface area contributed by atoms with Gasteiger partial charge in [-0.1, -0.05) is 5.92 Å². The molecule has 10 nitrogen and oxygen atoms in total. The molecular weight excluding hydrogens is 432 g/mol. The number of rotatable bonds is 4. The van der Waals surface area contributed by atoms with Crippen LogP contribution in [-0.4, -0.2) is 68.0 Å². The zero-order valence-electron chi connectivity index (χ0n) is 19.3. The first-order valence-corrected chi connectivity index (χ1v) is 11.4. The average Bonchev–Trinajstić information content (AvgIpc) is 3.23. The molecule has 0 bridgehead atoms. The summed E-state index contributed by atoms with van der Waals surface area (Å²) in [6.07, 6.45) is 2.46. The molecule has 10 heteroatoms. The molecule has 0 spiro atoms. The minimum absolute atomic E-state index is 0.0529. The Morgan fingerprint density at radius 2 is 2.09 bits per heavy atom. The highest BCUT2D eigenvalue weighted by molar-refractivity contribution is 6.00. The Labute approximate surface area is 198 Å². The fourth-order valence-electron chi connectivity index (χ4n) is 4.60. The Balaban J connectivity index is 1.53. The standard InChI is InChI=1S/C24H28N8O2/c1-3-4-13-31-20-21(28-23(31)30-12-6-7-16(25)14-30)29(2)24(34)32(22(20)33)15-17-9-10-18-19(27-17)8-5-11-26-18/h5,8-11,16,24,34H,6-7,12-15,25H2,1-2H3/t16-,24?/m1/s1. The zero-order valence-corrected chi connectivity index (χ0v) is 19.3. The Morgan fingerprint density at radius 3 is 2.88 bits per heavy atom. The highest BCUT2D eigenvalue weighted by atomic mass is 16.3. The molecule has 1 saturated heterocycles. The van der Waals surface area contributed by atoms with Crippen molar-refractivity contribution < 1.29 is 9.90 Å². The number of nitrogens with zero attached hydrogens (tertiary/aromatic N) is 7. The molecule has 1 amide bonds. The van der Waals surface area contributed by atoms with Gasteiger partial charge in [0, 0.05) is 32.4 Å². The zero-order chi connectivity index (χ0) is 23.8. The van der Waals surface area contributed by atoms with E-state index in [2.05, 4.69) is 26.7 Å². The minimum Gasteiger partial charge on any atom is -0.356 e. The maximum Gasteiger partial charge on any atom is 0.278 e. The molecule has 34 heavy (non-hydrogen) atoms. The van der Waals surface area contributed by atoms with Gasteiger partial charge < -0.3 is 20.6 Å². The summed E-state index contributed by atoms with van der Waals surface area (Å²) in [5, 5.41) is 11.0. The van der Waals surface area contributed by atoms with Crippen LogP contribution in [0.3, 0.4) is 0 Å². The third-order valence-electron chi connectivity index (χ3n) is 6.35. The van der Waals surface area contributed by atoms with Crippen molar-refractivity contribution in [2.45, 2.75) is 45.2 Å². The molecule has 5 heterocycles. The van der Waals surface area contributed by atoms with Crippen molar-refractivity contribution >= 4 is 28.7 Å². The smallest absolute Gasteiger partial charge is 0.278 e. The van der Waals surface area contributed by atoms with Crippen molar-refractivity contribution in [1.29, 1.82) is 0 Å². The van der Waals surface area contributed by atoms with Gasteiger partial charge in [-0.2, -0.15) is 4.98 Å². The van der Waals surface area contributed by atoms with Crippen LogP contribution in [0.1, 0.15) is 35.9 Å². The molecule has 2 aliphatic heterocycles. The number of aliphatic hydroxyl groups is 1. The highest BCUT2D eigenvalue weighted by Crippen LogP contribution is 2.34. The maximum atomic E-state index is 13.7. The topological polar surface area (TPSA) is 117 Å². The number of anilines is 2. The van der Waals surface area contributed by atoms with Crippen LogP contribution in [0.25, 0.3) is 11.0 Å². The monoisotopic (exact) mass is 460 g/mol. The number of carbonyl (C=O) groups excluding carboxylic acids is 1. The summed E-state index contributed by atoms with van der Waals surface area (Å²) in [6, 6.07) is 7.44. The van der Waals surface area contributed by atoms with Gasteiger partial charge in [-0.3, -0.25) is 19.2 Å². The van der Waals surface area contributed by atoms with Gasteiger partial charge in [-0.15, -0.1) is 5.92 Å². The van der Waals surface area contributed by atoms with Crippen LogP contribution in [-0.2, 0) is 13.1 Å². The van der Waals surface area contributed by atoms with Crippen LogP contribution < -0.4 is 15.5 Å². The molecule has 2 atom stereocenters. The molecule has 0 aromatic carbocycles. The largest absolute Gasteiger partial charge is 0.356 e. The number of aromatic nitrogens is 4. The van der Waals surface area contributed by atoms with E-state index in [1.54, 1.807) is 25.1 Å². The average molecular weight is 461 g/mol. The van der Waals surface area contributed by atoms with Crippen molar-refractivity contribution in [3.8, 4) is 11.8 Å². The number of fused-ring (bicyclic) bond motifs is 2. The van der Waals surface area contributed by atoms with Crippen LogP contribution in [0, 0.1) is 11.8 Å². The van der Waals surface area contributed by atoms with Crippen LogP contribution >= 0.6 is 0 Å². The SMILES string of the molecule is CC#CCn1c(N2CCC[C@@H](N)C2)nc2c1C(=O)N(Cc1ccc3ncccc3n1)C(O)N2C. The highest BCUT2D eigenvalue weighted by Gasteiger charge is 2.41. The van der Waals surface area contributed by atoms with Crippen molar-refractivity contribution in [3.05, 3.63) is 41.9 Å². The van der Waals surface area contributed by atoms with E-state index in [9.17, 15) is 9.90 Å². The second kappa shape index (κ2) is 8.93. The van der Waals surface area contributed by atoms with Crippen molar-refractivity contribution in [3.63, 3.8) is 0 Å². The molecule has 0 saturated carbocycles. The fraction of sp³-hybridized carbons (Fsp3) is 0.417. The van der Waals surface area contributed by atoms with Gasteiger partial charge in [0.15, 0.2) is 11.5 Å². The number of piperidine rings is 1. The quantitative estimate of drug-likeness (QED) is 0.557. The van der Waals surface area contributed by atoms with Crippen molar-refractivity contribution in [1.82, 2.24) is 24.4 Å². The Hall–Kier alpha value is -3.68. The molecule has 176 valence electrons. The fourth-order valence-corrected chi connectivity index (χ4v) is 4.60. The lowest BCUT2D eigenvalue weighted by Crippen LogP contribution is -2.54. The van der Waals surface area contributed by atoms with Crippen molar-refractivity contribution in [2.75, 3.05) is 29.9 Å². The summed E-state index contributed by atoms with van der Waals surface area (Å²) >= 11 is 0. The van der Waals surface area contributed by atoms with E-state index in [0.29, 0.717) is 36.2 Å². The Bertz CT molecular complexity index is 1290. The molecule has 0 radical (unpaired) electrons. The predicted octanol–water partition coefficient (Wildman–Crippen LogP) is 1.15. The third kappa shape index (κ3) is 3.83. The Morgan fingerprint density at radius 1 is 1.24 bits per heavy atom. The number of pyridine rings is 2. The number of carbonyl (C=O) groups is 1. The summed E-state index contributed by atoms with van der Waals surface area (Å²) in [4.78, 5) is 32.6. The maximum absolute atomic E-state index is 13.7. The van der Waals surface area contributed by atoms with Crippen LogP contribution in [0.2, 0.25) is 0 Å². The van der Waals surface area contributed by atoms with Gasteiger partial charge in [-0.05, 0) is 44.0 Å². The van der Waals surface area contributed by atoms with Gasteiger partial charge >= 0.3 is 0 Å². The van der Waals surface area contributed by atoms with E-state index >= 15 is 0 Å². The van der Waals surface area contributed by atoms with Gasteiger partial charge in [0.05, 0.1) is 29.8 Å². The molecule has 3 aromatic rings. The first kappa shape index (κ1) is 22.1. The van der Waals surface area contributed by atoms with Gasteiger partial charge in [0.1, 0.15) is 0 Å². The lowest BCUT2D eigenvalue weighted by atomic mass is 10.1. The normalized spacial score (nSPS) is 20.4. The molecule has 0 aliphatic carbocycles. The predicted molar refractivity (Wildman–Crippen MR) is 129 cm³/mol.